The third-order valence-corrected chi connectivity index (χ3v) is 6.39. The van der Waals surface area contributed by atoms with Crippen LogP contribution in [0.3, 0.4) is 0 Å². The highest BCUT2D eigenvalue weighted by Gasteiger charge is 2.31. The molecule has 4 heteroatoms. The Bertz CT molecular complexity index is 1020. The SMILES string of the molecule is CC(C=CC(F)=C(C)c1cc2c(cc1OCC1CC1)C(C)(C)CC=C2C(C)C)=CC(=O)O. The van der Waals surface area contributed by atoms with Crippen LogP contribution in [0, 0.1) is 11.8 Å². The molecule has 0 unspecified atom stereocenters. The molecule has 0 atom stereocenters. The number of carbonyl (C=O) groups is 1. The van der Waals surface area contributed by atoms with Crippen molar-refractivity contribution in [1.29, 1.82) is 0 Å². The minimum atomic E-state index is -1.05. The predicted octanol–water partition coefficient (Wildman–Crippen LogP) is 7.48. The van der Waals surface area contributed by atoms with Crippen LogP contribution in [-0.2, 0) is 10.2 Å². The molecule has 0 spiro atoms. The van der Waals surface area contributed by atoms with Crippen molar-refractivity contribution in [2.45, 2.75) is 66.2 Å². The number of carboxylic acid groups (broad SMARTS) is 1. The van der Waals surface area contributed by atoms with E-state index < -0.39 is 11.8 Å². The van der Waals surface area contributed by atoms with Gasteiger partial charge in [-0.3, -0.25) is 0 Å². The number of fused-ring (bicyclic) bond motifs is 1. The van der Waals surface area contributed by atoms with Crippen molar-refractivity contribution in [1.82, 2.24) is 0 Å². The lowest BCUT2D eigenvalue weighted by atomic mass is 9.70. The maximum atomic E-state index is 15.2. The molecule has 1 fully saturated rings. The van der Waals surface area contributed by atoms with Gasteiger partial charge in [0.1, 0.15) is 11.6 Å². The van der Waals surface area contributed by atoms with Gasteiger partial charge in [0.15, 0.2) is 0 Å². The van der Waals surface area contributed by atoms with Crippen molar-refractivity contribution in [2.75, 3.05) is 6.61 Å². The molecule has 0 saturated heterocycles. The van der Waals surface area contributed by atoms with Crippen LogP contribution in [0.2, 0.25) is 0 Å². The highest BCUT2D eigenvalue weighted by Crippen LogP contribution is 2.46. The van der Waals surface area contributed by atoms with Gasteiger partial charge in [-0.25, -0.2) is 9.18 Å². The molecule has 32 heavy (non-hydrogen) atoms. The first-order valence-corrected chi connectivity index (χ1v) is 11.5. The normalized spacial score (nSPS) is 19.0. The van der Waals surface area contributed by atoms with Crippen molar-refractivity contribution in [3.63, 3.8) is 0 Å². The van der Waals surface area contributed by atoms with E-state index in [1.54, 1.807) is 13.8 Å². The van der Waals surface area contributed by atoms with Crippen LogP contribution in [0.25, 0.3) is 11.1 Å². The van der Waals surface area contributed by atoms with Crippen LogP contribution < -0.4 is 4.74 Å². The molecule has 1 N–H and O–H groups in total. The summed E-state index contributed by atoms with van der Waals surface area (Å²) in [4.78, 5) is 10.8. The van der Waals surface area contributed by atoms with Gasteiger partial charge in [-0.15, -0.1) is 0 Å². The highest BCUT2D eigenvalue weighted by atomic mass is 19.1. The number of halogens is 1. The second-order valence-corrected chi connectivity index (χ2v) is 10.1. The Labute approximate surface area is 191 Å². The smallest absolute Gasteiger partial charge is 0.328 e. The zero-order valence-electron chi connectivity index (χ0n) is 20.1. The number of hydrogen-bond donors (Lipinski definition) is 1. The molecule has 0 aliphatic heterocycles. The number of rotatable bonds is 8. The van der Waals surface area contributed by atoms with Crippen LogP contribution >= 0.6 is 0 Å². The van der Waals surface area contributed by atoms with Crippen LogP contribution in [0.4, 0.5) is 4.39 Å². The lowest BCUT2D eigenvalue weighted by Crippen LogP contribution is -2.23. The maximum absolute atomic E-state index is 15.2. The fourth-order valence-corrected chi connectivity index (χ4v) is 4.12. The molecule has 0 heterocycles. The summed E-state index contributed by atoms with van der Waals surface area (Å²) in [7, 11) is 0. The first-order valence-electron chi connectivity index (χ1n) is 11.5. The minimum Gasteiger partial charge on any atom is -0.493 e. The molecule has 172 valence electrons. The summed E-state index contributed by atoms with van der Waals surface area (Å²) in [5.41, 5.74) is 5.42. The van der Waals surface area contributed by atoms with Crippen LogP contribution in [0.5, 0.6) is 5.75 Å². The summed E-state index contributed by atoms with van der Waals surface area (Å²) < 4.78 is 21.4. The molecule has 2 aliphatic carbocycles. The Kier molecular flexibility index (Phi) is 7.12. The van der Waals surface area contributed by atoms with Crippen molar-refractivity contribution in [3.8, 4) is 5.75 Å². The van der Waals surface area contributed by atoms with Gasteiger partial charge < -0.3 is 9.84 Å². The Morgan fingerprint density at radius 3 is 2.53 bits per heavy atom. The molecule has 3 rings (SSSR count). The largest absolute Gasteiger partial charge is 0.493 e. The van der Waals surface area contributed by atoms with Gasteiger partial charge in [0.05, 0.1) is 6.61 Å². The van der Waals surface area contributed by atoms with Gasteiger partial charge in [-0.05, 0) is 96.4 Å². The Morgan fingerprint density at radius 1 is 1.25 bits per heavy atom. The number of ether oxygens (including phenoxy) is 1. The summed E-state index contributed by atoms with van der Waals surface area (Å²) in [6, 6.07) is 4.21. The zero-order valence-corrected chi connectivity index (χ0v) is 20.1. The van der Waals surface area contributed by atoms with E-state index in [2.05, 4.69) is 45.9 Å². The minimum absolute atomic E-state index is 0.0151. The van der Waals surface area contributed by atoms with Gasteiger partial charge >= 0.3 is 5.97 Å². The fraction of sp³-hybridized carbons (Fsp3) is 0.464. The van der Waals surface area contributed by atoms with E-state index in [-0.39, 0.29) is 5.41 Å². The van der Waals surface area contributed by atoms with Gasteiger partial charge in [0.25, 0.3) is 0 Å². The van der Waals surface area contributed by atoms with E-state index in [9.17, 15) is 4.79 Å². The molecule has 1 aromatic carbocycles. The van der Waals surface area contributed by atoms with Crippen molar-refractivity contribution in [3.05, 3.63) is 64.5 Å². The van der Waals surface area contributed by atoms with Gasteiger partial charge in [0, 0.05) is 11.6 Å². The lowest BCUT2D eigenvalue weighted by molar-refractivity contribution is -0.131. The lowest BCUT2D eigenvalue weighted by Gasteiger charge is -2.34. The highest BCUT2D eigenvalue weighted by molar-refractivity contribution is 5.82. The second kappa shape index (κ2) is 9.48. The molecular formula is C28H35FO3. The number of carboxylic acids is 1. The van der Waals surface area contributed by atoms with Crippen LogP contribution in [0.1, 0.15) is 77.5 Å². The van der Waals surface area contributed by atoms with E-state index in [0.717, 1.165) is 23.8 Å². The summed E-state index contributed by atoms with van der Waals surface area (Å²) in [5, 5.41) is 8.87. The summed E-state index contributed by atoms with van der Waals surface area (Å²) in [5.74, 6) is 0.246. The molecule has 3 nitrogen and oxygen atoms in total. The number of allylic oxidation sites excluding steroid dienone is 7. The number of hydrogen-bond acceptors (Lipinski definition) is 2. The molecule has 1 aromatic rings. The van der Waals surface area contributed by atoms with Crippen LogP contribution in [-0.4, -0.2) is 17.7 Å². The molecule has 0 amide bonds. The molecule has 1 saturated carbocycles. The quantitative estimate of drug-likeness (QED) is 0.338. The van der Waals surface area contributed by atoms with E-state index in [0.29, 0.717) is 29.6 Å². The predicted molar refractivity (Wildman–Crippen MR) is 129 cm³/mol. The van der Waals surface area contributed by atoms with Crippen LogP contribution in [0.15, 0.2) is 47.8 Å². The standard InChI is InChI=1S/C28H35FO3/c1-17(2)21-11-12-28(5,6)24-15-26(32-16-20-8-9-20)22(14-23(21)24)19(4)25(29)10-7-18(3)13-27(30)31/h7,10-11,13-15,17,20H,8-9,12,16H2,1-6H3,(H,30,31). The Balaban J connectivity index is 2.10. The van der Waals surface area contributed by atoms with Gasteiger partial charge in [-0.2, -0.15) is 0 Å². The van der Waals surface area contributed by atoms with E-state index >= 15 is 4.39 Å². The Hall–Kier alpha value is -2.62. The monoisotopic (exact) mass is 438 g/mol. The van der Waals surface area contributed by atoms with Gasteiger partial charge in [0.2, 0.25) is 0 Å². The Morgan fingerprint density at radius 2 is 1.94 bits per heavy atom. The molecule has 0 aromatic heterocycles. The molecule has 0 bridgehead atoms. The van der Waals surface area contributed by atoms with E-state index in [4.69, 9.17) is 9.84 Å². The maximum Gasteiger partial charge on any atom is 0.328 e. The summed E-state index contributed by atoms with van der Waals surface area (Å²) in [6.45, 7) is 12.9. The second-order valence-electron chi connectivity index (χ2n) is 10.1. The summed E-state index contributed by atoms with van der Waals surface area (Å²) >= 11 is 0. The average Bonchev–Trinajstić information content (AvgIpc) is 3.53. The zero-order chi connectivity index (χ0) is 23.6. The van der Waals surface area contributed by atoms with Crippen molar-refractivity contribution < 1.29 is 19.0 Å². The van der Waals surface area contributed by atoms with Gasteiger partial charge in [-0.1, -0.05) is 39.8 Å². The first kappa shape index (κ1) is 24.0. The summed E-state index contributed by atoms with van der Waals surface area (Å²) in [6.07, 6.45) is 9.53. The molecule has 2 aliphatic rings. The average molecular weight is 439 g/mol. The van der Waals surface area contributed by atoms with E-state index in [1.165, 1.54) is 41.7 Å². The van der Waals surface area contributed by atoms with Crippen molar-refractivity contribution >= 4 is 17.1 Å². The fourth-order valence-electron chi connectivity index (χ4n) is 4.12. The first-order chi connectivity index (χ1) is 15.0. The van der Waals surface area contributed by atoms with E-state index in [1.807, 2.05) is 0 Å². The van der Waals surface area contributed by atoms with Crippen molar-refractivity contribution in [2.24, 2.45) is 11.8 Å². The number of benzene rings is 1. The molecule has 0 radical (unpaired) electrons. The third-order valence-electron chi connectivity index (χ3n) is 6.39. The third kappa shape index (κ3) is 5.59. The molecular weight excluding hydrogens is 403 g/mol. The number of aliphatic carboxylic acids is 1. The topological polar surface area (TPSA) is 46.5 Å².